The summed E-state index contributed by atoms with van der Waals surface area (Å²) in [6.07, 6.45) is 2.86. The molecule has 1 saturated heterocycles. The normalized spacial score (nSPS) is 18.0. The first-order valence-electron chi connectivity index (χ1n) is 7.68. The Morgan fingerprint density at radius 3 is 2.57 bits per heavy atom. The lowest BCUT2D eigenvalue weighted by molar-refractivity contribution is -0.384. The van der Waals surface area contributed by atoms with Crippen molar-refractivity contribution in [2.24, 2.45) is 11.7 Å². The van der Waals surface area contributed by atoms with Crippen molar-refractivity contribution < 1.29 is 4.92 Å². The Morgan fingerprint density at radius 2 is 2.10 bits per heavy atom. The maximum absolute atomic E-state index is 11.4. The summed E-state index contributed by atoms with van der Waals surface area (Å²) in [5.41, 5.74) is 6.62. The second-order valence-corrected chi connectivity index (χ2v) is 5.92. The van der Waals surface area contributed by atoms with Gasteiger partial charge in [0.15, 0.2) is 0 Å². The number of hydrogen-bond donors (Lipinski definition) is 1. The van der Waals surface area contributed by atoms with Gasteiger partial charge in [-0.25, -0.2) is 4.68 Å². The molecule has 1 fully saturated rings. The molecule has 0 aliphatic carbocycles. The van der Waals surface area contributed by atoms with Gasteiger partial charge in [0.05, 0.1) is 4.92 Å². The van der Waals surface area contributed by atoms with Gasteiger partial charge < -0.3 is 10.6 Å². The van der Waals surface area contributed by atoms with Crippen LogP contribution in [0.1, 0.15) is 38.8 Å². The molecule has 0 bridgehead atoms. The summed E-state index contributed by atoms with van der Waals surface area (Å²) in [4.78, 5) is 13.2. The summed E-state index contributed by atoms with van der Waals surface area (Å²) >= 11 is 0. The molecule has 21 heavy (non-hydrogen) atoms. The lowest BCUT2D eigenvalue weighted by Gasteiger charge is -2.34. The molecular formula is C14H25N5O2. The van der Waals surface area contributed by atoms with Crippen LogP contribution in [0.15, 0.2) is 0 Å². The minimum Gasteiger partial charge on any atom is -0.351 e. The molecule has 1 aromatic rings. The number of nitrogens with two attached hydrogens (primary N) is 1. The zero-order valence-corrected chi connectivity index (χ0v) is 13.1. The number of nitrogens with zero attached hydrogens (tertiary/aromatic N) is 4. The van der Waals surface area contributed by atoms with E-state index in [9.17, 15) is 10.1 Å². The van der Waals surface area contributed by atoms with Crippen molar-refractivity contribution in [3.8, 4) is 0 Å². The van der Waals surface area contributed by atoms with E-state index in [1.54, 1.807) is 11.6 Å². The highest BCUT2D eigenvalue weighted by Crippen LogP contribution is 2.34. The first kappa shape index (κ1) is 15.8. The third-order valence-electron chi connectivity index (χ3n) is 4.27. The Bertz CT molecular complexity index is 504. The van der Waals surface area contributed by atoms with Crippen LogP contribution in [0.2, 0.25) is 0 Å². The molecule has 7 heteroatoms. The molecule has 0 spiro atoms. The lowest BCUT2D eigenvalue weighted by Crippen LogP contribution is -2.40. The third-order valence-corrected chi connectivity index (χ3v) is 4.27. The fraction of sp³-hybridized carbons (Fsp3) is 0.786. The SMILES string of the molecule is CCCn1nc(C)c([N+](=O)[O-])c1N1CCC(C(C)N)CC1. The number of rotatable bonds is 5. The van der Waals surface area contributed by atoms with Gasteiger partial charge in [-0.2, -0.15) is 5.10 Å². The molecule has 118 valence electrons. The summed E-state index contributed by atoms with van der Waals surface area (Å²) in [7, 11) is 0. The van der Waals surface area contributed by atoms with Crippen molar-refractivity contribution in [2.75, 3.05) is 18.0 Å². The molecule has 2 heterocycles. The predicted octanol–water partition coefficient (Wildman–Crippen LogP) is 2.07. The first-order chi connectivity index (χ1) is 9.95. The van der Waals surface area contributed by atoms with Crippen LogP contribution in [-0.2, 0) is 6.54 Å². The second-order valence-electron chi connectivity index (χ2n) is 5.92. The van der Waals surface area contributed by atoms with Gasteiger partial charge in [-0.1, -0.05) is 6.92 Å². The number of hydrogen-bond acceptors (Lipinski definition) is 5. The van der Waals surface area contributed by atoms with Crippen LogP contribution in [-0.4, -0.2) is 33.8 Å². The van der Waals surface area contributed by atoms with Crippen molar-refractivity contribution in [3.05, 3.63) is 15.8 Å². The molecule has 1 aromatic heterocycles. The third kappa shape index (κ3) is 3.18. The van der Waals surface area contributed by atoms with Crippen molar-refractivity contribution in [2.45, 2.75) is 52.6 Å². The van der Waals surface area contributed by atoms with E-state index in [0.717, 1.165) is 32.4 Å². The quantitative estimate of drug-likeness (QED) is 0.663. The Hall–Kier alpha value is -1.63. The average Bonchev–Trinajstić information content (AvgIpc) is 2.76. The van der Waals surface area contributed by atoms with E-state index in [2.05, 4.69) is 16.9 Å². The van der Waals surface area contributed by atoms with Crippen molar-refractivity contribution >= 4 is 11.5 Å². The van der Waals surface area contributed by atoms with Crippen LogP contribution in [0, 0.1) is 23.0 Å². The molecular weight excluding hydrogens is 270 g/mol. The van der Waals surface area contributed by atoms with Crippen LogP contribution in [0.4, 0.5) is 11.5 Å². The van der Waals surface area contributed by atoms with Crippen LogP contribution in [0.3, 0.4) is 0 Å². The summed E-state index contributed by atoms with van der Waals surface area (Å²) in [5.74, 6) is 1.17. The van der Waals surface area contributed by atoms with E-state index < -0.39 is 0 Å². The Balaban J connectivity index is 2.28. The van der Waals surface area contributed by atoms with E-state index in [4.69, 9.17) is 5.73 Å². The Kier molecular flexibility index (Phi) is 4.82. The van der Waals surface area contributed by atoms with Gasteiger partial charge in [0.2, 0.25) is 5.82 Å². The van der Waals surface area contributed by atoms with E-state index in [0.29, 0.717) is 24.0 Å². The molecule has 2 N–H and O–H groups in total. The highest BCUT2D eigenvalue weighted by molar-refractivity contribution is 5.61. The average molecular weight is 295 g/mol. The highest BCUT2D eigenvalue weighted by Gasteiger charge is 2.32. The minimum absolute atomic E-state index is 0.155. The Labute approximate surface area is 125 Å². The number of anilines is 1. The monoisotopic (exact) mass is 295 g/mol. The number of nitro groups is 1. The molecule has 0 amide bonds. The summed E-state index contributed by atoms with van der Waals surface area (Å²) in [6.45, 7) is 8.12. The minimum atomic E-state index is -0.304. The summed E-state index contributed by atoms with van der Waals surface area (Å²) in [5, 5.41) is 15.7. The van der Waals surface area contributed by atoms with E-state index >= 15 is 0 Å². The molecule has 0 aromatic carbocycles. The second kappa shape index (κ2) is 6.43. The lowest BCUT2D eigenvalue weighted by atomic mass is 9.91. The topological polar surface area (TPSA) is 90.2 Å². The van der Waals surface area contributed by atoms with Gasteiger partial charge in [-0.3, -0.25) is 10.1 Å². The van der Waals surface area contributed by atoms with Gasteiger partial charge in [0, 0.05) is 25.7 Å². The molecule has 0 saturated carbocycles. The van der Waals surface area contributed by atoms with Crippen LogP contribution in [0.5, 0.6) is 0 Å². The summed E-state index contributed by atoms with van der Waals surface area (Å²) in [6, 6.07) is 0.185. The zero-order chi connectivity index (χ0) is 15.6. The molecule has 7 nitrogen and oxygen atoms in total. The standard InChI is InChI=1S/C14H25N5O2/c1-4-7-18-14(13(19(20)21)11(3)16-18)17-8-5-12(6-9-17)10(2)15/h10,12H,4-9,15H2,1-3H3. The number of aryl methyl sites for hydroxylation is 2. The smallest absolute Gasteiger partial charge is 0.333 e. The largest absolute Gasteiger partial charge is 0.351 e. The maximum atomic E-state index is 11.4. The fourth-order valence-corrected chi connectivity index (χ4v) is 3.09. The van der Waals surface area contributed by atoms with Crippen molar-refractivity contribution in [3.63, 3.8) is 0 Å². The van der Waals surface area contributed by atoms with Gasteiger partial charge >= 0.3 is 5.69 Å². The predicted molar refractivity (Wildman–Crippen MR) is 82.5 cm³/mol. The maximum Gasteiger partial charge on any atom is 0.333 e. The zero-order valence-electron chi connectivity index (χ0n) is 13.1. The number of aromatic nitrogens is 2. The molecule has 1 aliphatic heterocycles. The molecule has 1 unspecified atom stereocenters. The van der Waals surface area contributed by atoms with E-state index in [1.807, 2.05) is 6.92 Å². The van der Waals surface area contributed by atoms with Crippen molar-refractivity contribution in [1.82, 2.24) is 9.78 Å². The molecule has 1 aliphatic rings. The fourth-order valence-electron chi connectivity index (χ4n) is 3.09. The van der Waals surface area contributed by atoms with Crippen LogP contribution >= 0.6 is 0 Å². The number of piperidine rings is 1. The van der Waals surface area contributed by atoms with Crippen LogP contribution in [0.25, 0.3) is 0 Å². The van der Waals surface area contributed by atoms with E-state index in [-0.39, 0.29) is 16.7 Å². The van der Waals surface area contributed by atoms with Crippen LogP contribution < -0.4 is 10.6 Å². The van der Waals surface area contributed by atoms with Gasteiger partial charge in [-0.15, -0.1) is 0 Å². The van der Waals surface area contributed by atoms with Gasteiger partial charge in [-0.05, 0) is 39.0 Å². The first-order valence-corrected chi connectivity index (χ1v) is 7.68. The molecule has 0 radical (unpaired) electrons. The summed E-state index contributed by atoms with van der Waals surface area (Å²) < 4.78 is 1.79. The van der Waals surface area contributed by atoms with E-state index in [1.165, 1.54) is 0 Å². The molecule has 1 atom stereocenters. The Morgan fingerprint density at radius 1 is 1.48 bits per heavy atom. The van der Waals surface area contributed by atoms with Gasteiger partial charge in [0.25, 0.3) is 0 Å². The van der Waals surface area contributed by atoms with Gasteiger partial charge in [0.1, 0.15) is 5.69 Å². The molecule has 2 rings (SSSR count). The van der Waals surface area contributed by atoms with Crippen molar-refractivity contribution in [1.29, 1.82) is 0 Å². The highest BCUT2D eigenvalue weighted by atomic mass is 16.6.